The first kappa shape index (κ1) is 12.8. The van der Waals surface area contributed by atoms with Gasteiger partial charge in [-0.25, -0.2) is 0 Å². The summed E-state index contributed by atoms with van der Waals surface area (Å²) >= 11 is 0. The number of carbonyl (C=O) groups is 1. The molecule has 2 aromatic carbocycles. The van der Waals surface area contributed by atoms with Crippen molar-refractivity contribution >= 4 is 5.78 Å². The van der Waals surface area contributed by atoms with Crippen LogP contribution in [-0.2, 0) is 0 Å². The third-order valence-corrected chi connectivity index (χ3v) is 2.92. The Labute approximate surface area is 112 Å². The van der Waals surface area contributed by atoms with Gasteiger partial charge in [0.05, 0.1) is 24.3 Å². The van der Waals surface area contributed by atoms with Gasteiger partial charge in [0.15, 0.2) is 5.78 Å². The predicted octanol–water partition coefficient (Wildman–Crippen LogP) is 3.44. The van der Waals surface area contributed by atoms with Gasteiger partial charge in [0.2, 0.25) is 0 Å². The van der Waals surface area contributed by atoms with Crippen LogP contribution in [0, 0.1) is 11.3 Å². The molecule has 94 valence electrons. The molecular weight excluding hydrogens is 238 g/mol. The molecule has 2 aromatic rings. The molecule has 0 amide bonds. The quantitative estimate of drug-likeness (QED) is 0.785. The van der Waals surface area contributed by atoms with Crippen molar-refractivity contribution in [2.24, 2.45) is 0 Å². The van der Waals surface area contributed by atoms with Crippen LogP contribution in [0.2, 0.25) is 0 Å². The van der Waals surface area contributed by atoms with Gasteiger partial charge in [-0.3, -0.25) is 4.79 Å². The highest BCUT2D eigenvalue weighted by Gasteiger charge is 2.14. The van der Waals surface area contributed by atoms with Crippen LogP contribution in [0.1, 0.15) is 22.8 Å². The van der Waals surface area contributed by atoms with Crippen LogP contribution in [0.3, 0.4) is 0 Å². The van der Waals surface area contributed by atoms with E-state index in [-0.39, 0.29) is 5.78 Å². The normalized spacial score (nSPS) is 9.74. The van der Waals surface area contributed by atoms with E-state index in [0.717, 1.165) is 11.1 Å². The second-order valence-corrected chi connectivity index (χ2v) is 4.13. The number of rotatable bonds is 3. The summed E-state index contributed by atoms with van der Waals surface area (Å²) in [5.41, 5.74) is 2.63. The molecule has 3 nitrogen and oxygen atoms in total. The van der Waals surface area contributed by atoms with E-state index in [1.54, 1.807) is 12.1 Å². The Morgan fingerprint density at radius 2 is 1.89 bits per heavy atom. The van der Waals surface area contributed by atoms with Crippen molar-refractivity contribution in [2.45, 2.75) is 6.92 Å². The molecule has 0 N–H and O–H groups in total. The van der Waals surface area contributed by atoms with E-state index >= 15 is 0 Å². The molecule has 0 aromatic heterocycles. The fraction of sp³-hybridized carbons (Fsp3) is 0.125. The third kappa shape index (κ3) is 2.48. The Hall–Kier alpha value is -2.60. The molecule has 0 unspecified atom stereocenters. The highest BCUT2D eigenvalue weighted by molar-refractivity contribution is 5.98. The lowest BCUT2D eigenvalue weighted by Gasteiger charge is -2.11. The van der Waals surface area contributed by atoms with Gasteiger partial charge in [0.1, 0.15) is 5.75 Å². The lowest BCUT2D eigenvalue weighted by atomic mass is 9.96. The van der Waals surface area contributed by atoms with Crippen molar-refractivity contribution in [1.82, 2.24) is 0 Å². The van der Waals surface area contributed by atoms with Crippen LogP contribution in [0.4, 0.5) is 0 Å². The van der Waals surface area contributed by atoms with E-state index in [1.165, 1.54) is 14.0 Å². The maximum absolute atomic E-state index is 11.6. The minimum atomic E-state index is -0.0847. The lowest BCUT2D eigenvalue weighted by molar-refractivity contribution is 0.101. The van der Waals surface area contributed by atoms with Crippen molar-refractivity contribution in [3.8, 4) is 22.9 Å². The van der Waals surface area contributed by atoms with E-state index in [0.29, 0.717) is 16.9 Å². The molecule has 19 heavy (non-hydrogen) atoms. The molecule has 0 radical (unpaired) electrons. The van der Waals surface area contributed by atoms with Gasteiger partial charge in [-0.1, -0.05) is 30.3 Å². The second-order valence-electron chi connectivity index (χ2n) is 4.13. The molecule has 0 aliphatic heterocycles. The molecule has 0 aliphatic rings. The number of ether oxygens (including phenoxy) is 1. The fourth-order valence-corrected chi connectivity index (χ4v) is 1.97. The van der Waals surface area contributed by atoms with Crippen LogP contribution in [0.5, 0.6) is 5.75 Å². The van der Waals surface area contributed by atoms with E-state index in [4.69, 9.17) is 4.74 Å². The SMILES string of the molecule is COc1cc(C#N)c(-c2ccccc2)cc1C(C)=O. The van der Waals surface area contributed by atoms with Gasteiger partial charge in [-0.05, 0) is 24.6 Å². The van der Waals surface area contributed by atoms with Crippen molar-refractivity contribution in [2.75, 3.05) is 7.11 Å². The number of nitriles is 1. The minimum Gasteiger partial charge on any atom is -0.496 e. The van der Waals surface area contributed by atoms with Crippen LogP contribution in [0.25, 0.3) is 11.1 Å². The number of hydrogen-bond donors (Lipinski definition) is 0. The van der Waals surface area contributed by atoms with E-state index in [1.807, 2.05) is 30.3 Å². The highest BCUT2D eigenvalue weighted by atomic mass is 16.5. The van der Waals surface area contributed by atoms with E-state index < -0.39 is 0 Å². The van der Waals surface area contributed by atoms with Gasteiger partial charge < -0.3 is 4.74 Å². The molecule has 0 spiro atoms. The van der Waals surface area contributed by atoms with Crippen molar-refractivity contribution in [1.29, 1.82) is 5.26 Å². The van der Waals surface area contributed by atoms with Crippen LogP contribution >= 0.6 is 0 Å². The zero-order chi connectivity index (χ0) is 13.8. The lowest BCUT2D eigenvalue weighted by Crippen LogP contribution is -2.00. The number of Topliss-reactive ketones (excluding diaryl/α,β-unsaturated/α-hetero) is 1. The van der Waals surface area contributed by atoms with Crippen molar-refractivity contribution < 1.29 is 9.53 Å². The summed E-state index contributed by atoms with van der Waals surface area (Å²) in [5, 5.41) is 9.24. The molecule has 0 bridgehead atoms. The first-order valence-corrected chi connectivity index (χ1v) is 5.86. The summed E-state index contributed by atoms with van der Waals surface area (Å²) < 4.78 is 5.17. The summed E-state index contributed by atoms with van der Waals surface area (Å²) in [6.07, 6.45) is 0. The maximum Gasteiger partial charge on any atom is 0.163 e. The molecule has 0 atom stereocenters. The van der Waals surface area contributed by atoms with Gasteiger partial charge in [0.25, 0.3) is 0 Å². The summed E-state index contributed by atoms with van der Waals surface area (Å²) in [5.74, 6) is 0.349. The second kappa shape index (κ2) is 5.36. The molecule has 3 heteroatoms. The summed E-state index contributed by atoms with van der Waals surface area (Å²) in [4.78, 5) is 11.6. The van der Waals surface area contributed by atoms with Crippen molar-refractivity contribution in [3.63, 3.8) is 0 Å². The minimum absolute atomic E-state index is 0.0847. The van der Waals surface area contributed by atoms with E-state index in [2.05, 4.69) is 6.07 Å². The number of nitrogens with zero attached hydrogens (tertiary/aromatic N) is 1. The number of benzene rings is 2. The van der Waals surface area contributed by atoms with Crippen LogP contribution in [0.15, 0.2) is 42.5 Å². The van der Waals surface area contributed by atoms with Crippen LogP contribution < -0.4 is 4.74 Å². The van der Waals surface area contributed by atoms with E-state index in [9.17, 15) is 10.1 Å². The maximum atomic E-state index is 11.6. The van der Waals surface area contributed by atoms with Gasteiger partial charge >= 0.3 is 0 Å². The number of methoxy groups -OCH3 is 1. The monoisotopic (exact) mass is 251 g/mol. The van der Waals surface area contributed by atoms with Crippen LogP contribution in [-0.4, -0.2) is 12.9 Å². The fourth-order valence-electron chi connectivity index (χ4n) is 1.97. The summed E-state index contributed by atoms with van der Waals surface area (Å²) in [6.45, 7) is 1.48. The summed E-state index contributed by atoms with van der Waals surface area (Å²) in [7, 11) is 1.49. The Balaban J connectivity index is 2.71. The largest absolute Gasteiger partial charge is 0.496 e. The molecule has 0 heterocycles. The average molecular weight is 251 g/mol. The topological polar surface area (TPSA) is 50.1 Å². The third-order valence-electron chi connectivity index (χ3n) is 2.92. The smallest absolute Gasteiger partial charge is 0.163 e. The zero-order valence-corrected chi connectivity index (χ0v) is 10.8. The first-order valence-electron chi connectivity index (χ1n) is 5.86. The molecule has 0 aliphatic carbocycles. The highest BCUT2D eigenvalue weighted by Crippen LogP contribution is 2.30. The number of ketones is 1. The zero-order valence-electron chi connectivity index (χ0n) is 10.8. The molecular formula is C16H13NO2. The van der Waals surface area contributed by atoms with Gasteiger partial charge in [-0.2, -0.15) is 5.26 Å². The molecule has 0 fully saturated rings. The Kier molecular flexibility index (Phi) is 3.63. The molecule has 2 rings (SSSR count). The molecule has 0 saturated carbocycles. The Morgan fingerprint density at radius 3 is 2.42 bits per heavy atom. The Bertz CT molecular complexity index is 654. The molecule has 0 saturated heterocycles. The predicted molar refractivity (Wildman–Crippen MR) is 73.1 cm³/mol. The average Bonchev–Trinajstić information content (AvgIpc) is 2.46. The number of carbonyl (C=O) groups excluding carboxylic acids is 1. The van der Waals surface area contributed by atoms with Gasteiger partial charge in [-0.15, -0.1) is 0 Å². The first-order chi connectivity index (χ1) is 9.17. The van der Waals surface area contributed by atoms with Gasteiger partial charge in [0, 0.05) is 5.56 Å². The Morgan fingerprint density at radius 1 is 1.21 bits per heavy atom. The summed E-state index contributed by atoms with van der Waals surface area (Å²) in [6, 6.07) is 15.0. The number of hydrogen-bond acceptors (Lipinski definition) is 3. The standard InChI is InChI=1S/C16H13NO2/c1-11(18)14-9-15(12-6-4-3-5-7-12)13(10-17)8-16(14)19-2/h3-9H,1-2H3. The van der Waals surface area contributed by atoms with Crippen molar-refractivity contribution in [3.05, 3.63) is 53.6 Å².